The summed E-state index contributed by atoms with van der Waals surface area (Å²) >= 11 is 14.0. The van der Waals surface area contributed by atoms with Crippen molar-refractivity contribution < 1.29 is 28.9 Å². The predicted octanol–water partition coefficient (Wildman–Crippen LogP) is 8.35. The molecule has 7 rings (SSSR count). The Labute approximate surface area is 326 Å². The average Bonchev–Trinajstić information content (AvgIpc) is 3.78. The lowest BCUT2D eigenvalue weighted by molar-refractivity contribution is -0.151. The number of nitrogens with one attached hydrogen (secondary N) is 1. The van der Waals surface area contributed by atoms with Crippen molar-refractivity contribution in [1.29, 1.82) is 0 Å². The smallest absolute Gasteiger partial charge is 0.310 e. The highest BCUT2D eigenvalue weighted by Crippen LogP contribution is 2.45. The molecule has 2 aromatic heterocycles. The highest BCUT2D eigenvalue weighted by atomic mass is 35.5. The summed E-state index contributed by atoms with van der Waals surface area (Å²) in [6.45, 7) is 4.89. The van der Waals surface area contributed by atoms with Gasteiger partial charge in [0.25, 0.3) is 0 Å². The number of piperidine rings is 1. The number of aliphatic carboxylic acids is 1. The SMILES string of the molecule is COc1nc(-c2cccc(-c3cccc4c3CC[C@@H]4Oc3nc(OC)c(CN4CCCC(C)(C(=O)O)C4)cc3Cl)c2Cl)ccc1CNC[C@@H]1CCC(=O)C1. The fourth-order valence-corrected chi connectivity index (χ4v) is 8.78. The van der Waals surface area contributed by atoms with Crippen LogP contribution in [0, 0.1) is 11.3 Å². The van der Waals surface area contributed by atoms with Crippen LogP contribution in [-0.2, 0) is 29.1 Å². The van der Waals surface area contributed by atoms with Gasteiger partial charge in [-0.2, -0.15) is 4.98 Å². The van der Waals surface area contributed by atoms with E-state index in [1.54, 1.807) is 21.1 Å². The van der Waals surface area contributed by atoms with Crippen molar-refractivity contribution in [3.8, 4) is 40.0 Å². The average molecular weight is 774 g/mol. The quantitative estimate of drug-likeness (QED) is 0.137. The van der Waals surface area contributed by atoms with E-state index in [2.05, 4.69) is 27.3 Å². The van der Waals surface area contributed by atoms with Crippen LogP contribution in [0.5, 0.6) is 17.6 Å². The molecule has 3 aliphatic rings. The Hall–Kier alpha value is -4.22. The van der Waals surface area contributed by atoms with Crippen molar-refractivity contribution in [1.82, 2.24) is 20.2 Å². The molecule has 2 N–H and O–H groups in total. The molecule has 3 atom stereocenters. The van der Waals surface area contributed by atoms with Gasteiger partial charge in [-0.3, -0.25) is 14.5 Å². The number of rotatable bonds is 13. The zero-order chi connectivity index (χ0) is 38.0. The lowest BCUT2D eigenvalue weighted by Gasteiger charge is -2.37. The standard InChI is InChI=1S/C42H46Cl2N4O6/c1-42(41(50)51)17-6-18-48(24-42)23-27-20-34(43)40(47-39(27)53-3)54-36-16-14-30-29(7-4-8-31(30)36)32-9-5-10-33(37(32)44)35-15-12-26(38(46-35)52-2)22-45-21-25-11-13-28(49)19-25/h4-5,7-10,12,15,20,25,36,45H,6,11,13-14,16-19,21-24H2,1-3H3,(H,50,51)/t25-,36+,42?/m1/s1. The van der Waals surface area contributed by atoms with Gasteiger partial charge in [-0.1, -0.05) is 65.7 Å². The summed E-state index contributed by atoms with van der Waals surface area (Å²) in [7, 11) is 3.19. The Morgan fingerprint density at radius 2 is 1.72 bits per heavy atom. The second-order valence-corrected chi connectivity index (χ2v) is 15.7. The van der Waals surface area contributed by atoms with Crippen LogP contribution in [0.15, 0.2) is 54.6 Å². The Balaban J connectivity index is 1.08. The highest BCUT2D eigenvalue weighted by molar-refractivity contribution is 6.36. The number of ketones is 1. The monoisotopic (exact) mass is 772 g/mol. The first-order valence-corrected chi connectivity index (χ1v) is 19.4. The van der Waals surface area contributed by atoms with E-state index in [0.717, 1.165) is 77.7 Å². The number of hydrogen-bond acceptors (Lipinski definition) is 9. The summed E-state index contributed by atoms with van der Waals surface area (Å²) in [5.74, 6) is 1.19. The summed E-state index contributed by atoms with van der Waals surface area (Å²) in [6, 6.07) is 18.0. The van der Waals surface area contributed by atoms with Crippen molar-refractivity contribution in [2.75, 3.05) is 33.9 Å². The van der Waals surface area contributed by atoms with Gasteiger partial charge in [0.2, 0.25) is 17.6 Å². The normalized spacial score (nSPS) is 21.2. The maximum Gasteiger partial charge on any atom is 0.310 e. The second-order valence-electron chi connectivity index (χ2n) is 15.0. The summed E-state index contributed by atoms with van der Waals surface area (Å²) in [4.78, 5) is 35.2. The number of benzene rings is 2. The molecule has 2 aromatic carbocycles. The zero-order valence-electron chi connectivity index (χ0n) is 30.9. The van der Waals surface area contributed by atoms with Crippen LogP contribution in [0.1, 0.15) is 73.8 Å². The van der Waals surface area contributed by atoms with Gasteiger partial charge in [0.15, 0.2) is 0 Å². The van der Waals surface area contributed by atoms with E-state index in [1.165, 1.54) is 0 Å². The van der Waals surface area contributed by atoms with E-state index in [1.807, 2.05) is 42.5 Å². The van der Waals surface area contributed by atoms with Gasteiger partial charge >= 0.3 is 5.97 Å². The topological polar surface area (TPSA) is 123 Å². The summed E-state index contributed by atoms with van der Waals surface area (Å²) in [5.41, 5.74) is 6.60. The first-order valence-electron chi connectivity index (χ1n) is 18.6. The van der Waals surface area contributed by atoms with Gasteiger partial charge < -0.3 is 24.6 Å². The molecule has 284 valence electrons. The number of halogens is 2. The molecule has 4 aromatic rings. The molecule has 1 unspecified atom stereocenters. The number of hydrogen-bond donors (Lipinski definition) is 2. The van der Waals surface area contributed by atoms with Crippen molar-refractivity contribution in [3.63, 3.8) is 0 Å². The Bertz CT molecular complexity index is 2060. The number of fused-ring (bicyclic) bond motifs is 1. The minimum absolute atomic E-state index is 0.276. The van der Waals surface area contributed by atoms with E-state index in [-0.39, 0.29) is 6.10 Å². The minimum atomic E-state index is -0.792. The number of methoxy groups -OCH3 is 2. The lowest BCUT2D eigenvalue weighted by Crippen LogP contribution is -2.45. The van der Waals surface area contributed by atoms with Crippen molar-refractivity contribution in [2.45, 2.75) is 71.1 Å². The van der Waals surface area contributed by atoms with Gasteiger partial charge in [-0.25, -0.2) is 4.98 Å². The summed E-state index contributed by atoms with van der Waals surface area (Å²) < 4.78 is 17.9. The molecule has 2 aliphatic carbocycles. The van der Waals surface area contributed by atoms with Crippen molar-refractivity contribution in [3.05, 3.63) is 86.9 Å². The molecule has 1 saturated carbocycles. The van der Waals surface area contributed by atoms with Crippen LogP contribution >= 0.6 is 23.2 Å². The third kappa shape index (κ3) is 7.94. The molecule has 10 nitrogen and oxygen atoms in total. The van der Waals surface area contributed by atoms with Crippen LogP contribution in [-0.4, -0.2) is 65.6 Å². The second kappa shape index (κ2) is 16.3. The van der Waals surface area contributed by atoms with Crippen LogP contribution < -0.4 is 19.5 Å². The number of Topliss-reactive ketones (excluding diaryl/α,β-unsaturated/α-hetero) is 1. The fourth-order valence-electron chi connectivity index (χ4n) is 8.23. The predicted molar refractivity (Wildman–Crippen MR) is 208 cm³/mol. The molecule has 0 radical (unpaired) electrons. The lowest BCUT2D eigenvalue weighted by atomic mass is 9.82. The third-order valence-corrected chi connectivity index (χ3v) is 11.8. The van der Waals surface area contributed by atoms with Crippen LogP contribution in [0.3, 0.4) is 0 Å². The van der Waals surface area contributed by atoms with Crippen LogP contribution in [0.2, 0.25) is 10.0 Å². The van der Waals surface area contributed by atoms with Gasteiger partial charge in [-0.05, 0) is 86.9 Å². The number of ether oxygens (including phenoxy) is 3. The molecule has 0 spiro atoms. The number of nitrogens with zero attached hydrogens (tertiary/aromatic N) is 3. The van der Waals surface area contributed by atoms with Gasteiger partial charge in [0.1, 0.15) is 16.9 Å². The van der Waals surface area contributed by atoms with E-state index in [9.17, 15) is 14.7 Å². The Morgan fingerprint density at radius 3 is 2.48 bits per heavy atom. The minimum Gasteiger partial charge on any atom is -0.481 e. The number of pyridine rings is 2. The number of carboxylic acids is 1. The maximum atomic E-state index is 11.9. The molecular formula is C42H46Cl2N4O6. The maximum absolute atomic E-state index is 11.9. The molecular weight excluding hydrogens is 727 g/mol. The zero-order valence-corrected chi connectivity index (χ0v) is 32.4. The van der Waals surface area contributed by atoms with Crippen molar-refractivity contribution in [2.24, 2.45) is 11.3 Å². The summed E-state index contributed by atoms with van der Waals surface area (Å²) in [5, 5.41) is 14.2. The molecule has 12 heteroatoms. The largest absolute Gasteiger partial charge is 0.481 e. The molecule has 2 fully saturated rings. The third-order valence-electron chi connectivity index (χ3n) is 11.1. The number of likely N-dealkylation sites (tertiary alicyclic amines) is 1. The Kier molecular flexibility index (Phi) is 11.5. The molecule has 1 saturated heterocycles. The molecule has 0 bridgehead atoms. The Morgan fingerprint density at radius 1 is 0.963 bits per heavy atom. The highest BCUT2D eigenvalue weighted by Gasteiger charge is 2.38. The van der Waals surface area contributed by atoms with Crippen LogP contribution in [0.25, 0.3) is 22.4 Å². The van der Waals surface area contributed by atoms with E-state index in [4.69, 9.17) is 42.4 Å². The number of carboxylic acid groups (broad SMARTS) is 1. The number of aromatic nitrogens is 2. The first-order chi connectivity index (χ1) is 26.1. The van der Waals surface area contributed by atoms with Gasteiger partial charge in [0, 0.05) is 54.7 Å². The van der Waals surface area contributed by atoms with Gasteiger partial charge in [0.05, 0.1) is 30.4 Å². The molecule has 1 aliphatic heterocycles. The van der Waals surface area contributed by atoms with E-state index >= 15 is 0 Å². The molecule has 54 heavy (non-hydrogen) atoms. The number of carbonyl (C=O) groups is 2. The fraction of sp³-hybridized carbons (Fsp3) is 0.429. The van der Waals surface area contributed by atoms with E-state index < -0.39 is 11.4 Å². The van der Waals surface area contributed by atoms with Crippen LogP contribution in [0.4, 0.5) is 0 Å². The molecule has 3 heterocycles. The first kappa shape index (κ1) is 38.1. The summed E-state index contributed by atoms with van der Waals surface area (Å²) in [6.07, 6.45) is 4.97. The number of carbonyl (C=O) groups excluding carboxylic acids is 1. The molecule has 0 amide bonds. The van der Waals surface area contributed by atoms with E-state index in [0.29, 0.717) is 84.0 Å². The van der Waals surface area contributed by atoms with Crippen molar-refractivity contribution >= 4 is 35.0 Å². The van der Waals surface area contributed by atoms with Gasteiger partial charge in [-0.15, -0.1) is 0 Å².